The van der Waals surface area contributed by atoms with Crippen molar-refractivity contribution in [3.8, 4) is 5.75 Å². The zero-order chi connectivity index (χ0) is 21.8. The number of carbonyl (C=O) groups is 2. The van der Waals surface area contributed by atoms with Crippen LogP contribution >= 0.6 is 0 Å². The molecule has 2 heterocycles. The van der Waals surface area contributed by atoms with Gasteiger partial charge < -0.3 is 14.4 Å². The van der Waals surface area contributed by atoms with Gasteiger partial charge in [-0.05, 0) is 56.5 Å². The fourth-order valence-corrected chi connectivity index (χ4v) is 4.19. The van der Waals surface area contributed by atoms with Crippen LogP contribution in [0.5, 0.6) is 5.75 Å². The van der Waals surface area contributed by atoms with Gasteiger partial charge in [0.05, 0.1) is 24.8 Å². The van der Waals surface area contributed by atoms with Crippen molar-refractivity contribution in [2.24, 2.45) is 0 Å². The van der Waals surface area contributed by atoms with E-state index < -0.39 is 0 Å². The zero-order valence-electron chi connectivity index (χ0n) is 18.0. The number of imide groups is 1. The molecule has 1 fully saturated rings. The number of amides is 2. The maximum Gasteiger partial charge on any atom is 0.278 e. The van der Waals surface area contributed by atoms with Gasteiger partial charge in [0.2, 0.25) is 0 Å². The van der Waals surface area contributed by atoms with Gasteiger partial charge in [-0.25, -0.2) is 0 Å². The second-order valence-corrected chi connectivity index (χ2v) is 7.62. The summed E-state index contributed by atoms with van der Waals surface area (Å²) in [5.41, 5.74) is 2.43. The normalized spacial score (nSPS) is 18.8. The third-order valence-corrected chi connectivity index (χ3v) is 5.66. The van der Waals surface area contributed by atoms with E-state index in [9.17, 15) is 9.59 Å². The maximum atomic E-state index is 13.6. The van der Waals surface area contributed by atoms with Crippen LogP contribution in [0.25, 0.3) is 5.57 Å². The first-order valence-electron chi connectivity index (χ1n) is 10.9. The van der Waals surface area contributed by atoms with E-state index in [2.05, 4.69) is 0 Å². The lowest BCUT2D eigenvalue weighted by Crippen LogP contribution is -2.40. The van der Waals surface area contributed by atoms with Gasteiger partial charge in [-0.1, -0.05) is 30.3 Å². The van der Waals surface area contributed by atoms with E-state index in [1.54, 1.807) is 0 Å². The molecule has 0 bridgehead atoms. The van der Waals surface area contributed by atoms with Gasteiger partial charge in [0.1, 0.15) is 11.4 Å². The molecule has 2 aromatic carbocycles. The molecule has 1 atom stereocenters. The average molecular weight is 421 g/mol. The van der Waals surface area contributed by atoms with Crippen LogP contribution < -0.4 is 9.64 Å². The van der Waals surface area contributed by atoms with Crippen molar-refractivity contribution in [1.82, 2.24) is 4.90 Å². The van der Waals surface area contributed by atoms with Crippen molar-refractivity contribution in [2.45, 2.75) is 32.8 Å². The maximum absolute atomic E-state index is 13.6. The number of carbonyl (C=O) groups excluding carboxylic acids is 2. The van der Waals surface area contributed by atoms with E-state index >= 15 is 0 Å². The van der Waals surface area contributed by atoms with Crippen molar-refractivity contribution in [1.29, 1.82) is 0 Å². The number of rotatable bonds is 8. The van der Waals surface area contributed by atoms with Crippen LogP contribution in [0.3, 0.4) is 0 Å². The van der Waals surface area contributed by atoms with Crippen molar-refractivity contribution in [3.05, 3.63) is 65.9 Å². The molecule has 1 saturated heterocycles. The van der Waals surface area contributed by atoms with Crippen molar-refractivity contribution < 1.29 is 19.1 Å². The van der Waals surface area contributed by atoms with E-state index in [-0.39, 0.29) is 24.5 Å². The summed E-state index contributed by atoms with van der Waals surface area (Å²) in [6, 6.07) is 17.1. The Morgan fingerprint density at radius 1 is 1.03 bits per heavy atom. The average Bonchev–Trinajstić information content (AvgIpc) is 3.39. The molecule has 2 aromatic rings. The Bertz CT molecular complexity index is 963. The van der Waals surface area contributed by atoms with Gasteiger partial charge >= 0.3 is 0 Å². The van der Waals surface area contributed by atoms with E-state index in [4.69, 9.17) is 9.47 Å². The summed E-state index contributed by atoms with van der Waals surface area (Å²) in [6.07, 6.45) is 1.72. The molecule has 0 radical (unpaired) electrons. The van der Waals surface area contributed by atoms with Gasteiger partial charge in [0, 0.05) is 18.8 Å². The highest BCUT2D eigenvalue weighted by molar-refractivity contribution is 6.36. The molecule has 2 aliphatic heterocycles. The Hall–Kier alpha value is -3.12. The van der Waals surface area contributed by atoms with E-state index in [0.29, 0.717) is 36.6 Å². The van der Waals surface area contributed by atoms with Crippen molar-refractivity contribution >= 4 is 23.1 Å². The Morgan fingerprint density at radius 3 is 2.39 bits per heavy atom. The Kier molecular flexibility index (Phi) is 6.37. The first-order chi connectivity index (χ1) is 15.1. The zero-order valence-corrected chi connectivity index (χ0v) is 18.0. The molecular formula is C25H28N2O4. The summed E-state index contributed by atoms with van der Waals surface area (Å²) in [5, 5.41) is 0. The quantitative estimate of drug-likeness (QED) is 0.607. The largest absolute Gasteiger partial charge is 0.494 e. The Balaban J connectivity index is 1.76. The first-order valence-corrected chi connectivity index (χ1v) is 10.9. The van der Waals surface area contributed by atoms with Crippen LogP contribution in [0.1, 0.15) is 32.3 Å². The number of benzene rings is 2. The molecule has 6 heteroatoms. The molecule has 2 aliphatic rings. The molecule has 0 saturated carbocycles. The Labute approximate surface area is 183 Å². The van der Waals surface area contributed by atoms with Gasteiger partial charge in [-0.2, -0.15) is 0 Å². The minimum Gasteiger partial charge on any atom is -0.494 e. The molecule has 6 nitrogen and oxygen atoms in total. The smallest absolute Gasteiger partial charge is 0.278 e. The molecule has 0 aliphatic carbocycles. The minimum atomic E-state index is -0.269. The summed E-state index contributed by atoms with van der Waals surface area (Å²) in [6.45, 7) is 6.00. The summed E-state index contributed by atoms with van der Waals surface area (Å²) in [4.78, 5) is 30.3. The van der Waals surface area contributed by atoms with Crippen LogP contribution in [-0.4, -0.2) is 49.1 Å². The lowest BCUT2D eigenvalue weighted by atomic mass is 10.0. The van der Waals surface area contributed by atoms with E-state index in [1.807, 2.05) is 73.3 Å². The summed E-state index contributed by atoms with van der Waals surface area (Å²) < 4.78 is 11.2. The molecule has 1 unspecified atom stereocenters. The van der Waals surface area contributed by atoms with Crippen LogP contribution in [0.15, 0.2) is 60.3 Å². The summed E-state index contributed by atoms with van der Waals surface area (Å²) in [5.74, 6) is 0.195. The van der Waals surface area contributed by atoms with Crippen molar-refractivity contribution in [3.63, 3.8) is 0 Å². The molecule has 31 heavy (non-hydrogen) atoms. The number of nitrogens with zero attached hydrogens (tertiary/aromatic N) is 2. The van der Waals surface area contributed by atoms with Crippen molar-refractivity contribution in [2.75, 3.05) is 31.2 Å². The minimum absolute atomic E-state index is 0.0966. The van der Waals surface area contributed by atoms with E-state index in [0.717, 1.165) is 24.3 Å². The first kappa shape index (κ1) is 21.1. The number of anilines is 1. The second kappa shape index (κ2) is 9.35. The van der Waals surface area contributed by atoms with Crippen LogP contribution in [-0.2, 0) is 14.3 Å². The topological polar surface area (TPSA) is 59.1 Å². The van der Waals surface area contributed by atoms with Crippen LogP contribution in [0, 0.1) is 0 Å². The molecule has 0 spiro atoms. The fourth-order valence-electron chi connectivity index (χ4n) is 4.19. The lowest BCUT2D eigenvalue weighted by Gasteiger charge is -2.25. The van der Waals surface area contributed by atoms with E-state index in [1.165, 1.54) is 4.90 Å². The highest BCUT2D eigenvalue weighted by atomic mass is 16.5. The SMILES string of the molecule is CCOc1ccc(C2=C(N(CC)c3ccccc3)C(=O)N(CC3CCCO3)C2=O)cc1. The lowest BCUT2D eigenvalue weighted by molar-refractivity contribution is -0.138. The molecule has 0 N–H and O–H groups in total. The fraction of sp³-hybridized carbons (Fsp3) is 0.360. The van der Waals surface area contributed by atoms with Gasteiger partial charge in [-0.15, -0.1) is 0 Å². The highest BCUT2D eigenvalue weighted by Gasteiger charge is 2.42. The molecule has 4 rings (SSSR count). The van der Waals surface area contributed by atoms with Crippen LogP contribution in [0.2, 0.25) is 0 Å². The summed E-state index contributed by atoms with van der Waals surface area (Å²) >= 11 is 0. The highest BCUT2D eigenvalue weighted by Crippen LogP contribution is 2.35. The standard InChI is InChI=1S/C25H28N2O4/c1-3-26(19-9-6-5-7-10-19)23-22(18-12-14-20(15-13-18)30-4-2)24(28)27(25(23)29)17-21-11-8-16-31-21/h5-7,9-10,12-15,21H,3-4,8,11,16-17H2,1-2H3. The molecular weight excluding hydrogens is 392 g/mol. The number of ether oxygens (including phenoxy) is 2. The Morgan fingerprint density at radius 2 is 1.77 bits per heavy atom. The van der Waals surface area contributed by atoms with Gasteiger partial charge in [0.15, 0.2) is 0 Å². The third kappa shape index (κ3) is 4.21. The number of hydrogen-bond donors (Lipinski definition) is 0. The van der Waals surface area contributed by atoms with Gasteiger partial charge in [-0.3, -0.25) is 14.5 Å². The van der Waals surface area contributed by atoms with Crippen LogP contribution in [0.4, 0.5) is 5.69 Å². The number of likely N-dealkylation sites (N-methyl/N-ethyl adjacent to an activating group) is 1. The molecule has 2 amide bonds. The second-order valence-electron chi connectivity index (χ2n) is 7.62. The predicted octanol–water partition coefficient (Wildman–Crippen LogP) is 3.87. The number of hydrogen-bond acceptors (Lipinski definition) is 5. The predicted molar refractivity (Wildman–Crippen MR) is 120 cm³/mol. The molecule has 162 valence electrons. The molecule has 0 aromatic heterocycles. The monoisotopic (exact) mass is 420 g/mol. The summed E-state index contributed by atoms with van der Waals surface area (Å²) in [7, 11) is 0. The van der Waals surface area contributed by atoms with Gasteiger partial charge in [0.25, 0.3) is 11.8 Å². The number of para-hydroxylation sites is 1. The third-order valence-electron chi connectivity index (χ3n) is 5.66.